The van der Waals surface area contributed by atoms with Crippen molar-refractivity contribution in [3.05, 3.63) is 83.2 Å². The molecule has 4 heteroatoms. The van der Waals surface area contributed by atoms with Gasteiger partial charge in [0.2, 0.25) is 0 Å². The second-order valence-electron chi connectivity index (χ2n) is 6.96. The molecule has 0 bridgehead atoms. The number of hydrogen-bond acceptors (Lipinski definition) is 4. The molecule has 0 aliphatic rings. The van der Waals surface area contributed by atoms with E-state index in [1.807, 2.05) is 48.5 Å². The van der Waals surface area contributed by atoms with E-state index < -0.39 is 0 Å². The summed E-state index contributed by atoms with van der Waals surface area (Å²) < 4.78 is 17.0. The van der Waals surface area contributed by atoms with E-state index in [1.165, 1.54) is 5.56 Å². The van der Waals surface area contributed by atoms with E-state index in [4.69, 9.17) is 18.9 Å². The van der Waals surface area contributed by atoms with Gasteiger partial charge < -0.3 is 13.9 Å². The fraction of sp³-hybridized carbons (Fsp3) is 0.160. The maximum absolute atomic E-state index is 6.19. The largest absolute Gasteiger partial charge is 0.493 e. The summed E-state index contributed by atoms with van der Waals surface area (Å²) >= 11 is 0. The second kappa shape index (κ2) is 7.84. The average molecular weight is 385 g/mol. The third kappa shape index (κ3) is 3.74. The molecule has 0 amide bonds. The van der Waals surface area contributed by atoms with Crippen LogP contribution in [0.1, 0.15) is 11.1 Å². The van der Waals surface area contributed by atoms with Crippen molar-refractivity contribution in [3.63, 3.8) is 0 Å². The van der Waals surface area contributed by atoms with Crippen LogP contribution < -0.4 is 14.8 Å². The number of nitrogens with zero attached hydrogens (tertiary/aromatic N) is 1. The summed E-state index contributed by atoms with van der Waals surface area (Å²) in [4.78, 5) is 4.96. The van der Waals surface area contributed by atoms with E-state index >= 15 is 0 Å². The maximum atomic E-state index is 6.19. The fourth-order valence-corrected chi connectivity index (χ4v) is 3.40. The Bertz CT molecular complexity index is 1250. The molecule has 146 valence electrons. The summed E-state index contributed by atoms with van der Waals surface area (Å²) in [6.45, 7) is 4.17. The summed E-state index contributed by atoms with van der Waals surface area (Å²) in [5.41, 5.74) is 4.99. The van der Waals surface area contributed by atoms with E-state index in [1.54, 1.807) is 14.2 Å². The zero-order valence-corrected chi connectivity index (χ0v) is 17.0. The Labute approximate surface area is 170 Å². The van der Waals surface area contributed by atoms with E-state index in [0.29, 0.717) is 17.3 Å². The van der Waals surface area contributed by atoms with Gasteiger partial charge in [0.25, 0.3) is 0 Å². The summed E-state index contributed by atoms with van der Waals surface area (Å²) in [6.07, 6.45) is 0. The topological polar surface area (TPSA) is 44.0 Å². The van der Waals surface area contributed by atoms with Crippen molar-refractivity contribution in [1.29, 1.82) is 0 Å². The molecule has 3 aromatic carbocycles. The number of para-hydroxylation sites is 1. The van der Waals surface area contributed by atoms with Crippen LogP contribution in [0.5, 0.6) is 11.5 Å². The molecule has 0 fully saturated rings. The number of hydrogen-bond donors (Lipinski definition) is 0. The molecule has 1 heterocycles. The Morgan fingerprint density at radius 3 is 2.34 bits per heavy atom. The van der Waals surface area contributed by atoms with Gasteiger partial charge in [0, 0.05) is 17.0 Å². The third-order valence-corrected chi connectivity index (χ3v) is 4.91. The van der Waals surface area contributed by atoms with E-state index in [2.05, 4.69) is 32.0 Å². The molecule has 4 nitrogen and oxygen atoms in total. The van der Waals surface area contributed by atoms with Crippen molar-refractivity contribution >= 4 is 16.7 Å². The lowest BCUT2D eigenvalue weighted by Crippen LogP contribution is -2.03. The van der Waals surface area contributed by atoms with Gasteiger partial charge in [-0.1, -0.05) is 29.8 Å². The van der Waals surface area contributed by atoms with Crippen molar-refractivity contribution in [2.24, 2.45) is 4.99 Å². The lowest BCUT2D eigenvalue weighted by atomic mass is 10.1. The predicted molar refractivity (Wildman–Crippen MR) is 116 cm³/mol. The molecule has 29 heavy (non-hydrogen) atoms. The minimum absolute atomic E-state index is 0.654. The zero-order chi connectivity index (χ0) is 20.4. The summed E-state index contributed by atoms with van der Waals surface area (Å²) in [7, 11) is 3.25. The van der Waals surface area contributed by atoms with Gasteiger partial charge in [-0.15, -0.1) is 0 Å². The monoisotopic (exact) mass is 385 g/mol. The van der Waals surface area contributed by atoms with Gasteiger partial charge in [-0.3, -0.25) is 0 Å². The Kier molecular flexibility index (Phi) is 5.09. The van der Waals surface area contributed by atoms with Crippen molar-refractivity contribution in [1.82, 2.24) is 0 Å². The number of methoxy groups -OCH3 is 2. The van der Waals surface area contributed by atoms with Crippen LogP contribution in [0.15, 0.2) is 76.1 Å². The SMILES string of the molecule is COc1ccc(-c2cc(=Nc3ccc(C)cc3C)c3ccccc3o2)cc1OC. The molecule has 4 rings (SSSR count). The van der Waals surface area contributed by atoms with Gasteiger partial charge in [-0.05, 0) is 55.8 Å². The number of aryl methyl sites for hydroxylation is 2. The fourth-order valence-electron chi connectivity index (χ4n) is 3.40. The molecule has 0 aliphatic heterocycles. The van der Waals surface area contributed by atoms with Crippen molar-refractivity contribution in [3.8, 4) is 22.8 Å². The summed E-state index contributed by atoms with van der Waals surface area (Å²) in [5.74, 6) is 2.05. The Balaban J connectivity index is 1.95. The Morgan fingerprint density at radius 2 is 1.59 bits per heavy atom. The molecule has 0 saturated carbocycles. The number of benzene rings is 3. The van der Waals surface area contributed by atoms with Crippen LogP contribution in [0.2, 0.25) is 0 Å². The molecule has 1 aromatic heterocycles. The van der Waals surface area contributed by atoms with Crippen LogP contribution in [0.3, 0.4) is 0 Å². The molecule has 4 aromatic rings. The molecule has 0 radical (unpaired) electrons. The molecule has 0 unspecified atom stereocenters. The molecule has 0 saturated heterocycles. The highest BCUT2D eigenvalue weighted by Gasteiger charge is 2.10. The molecular formula is C25H23NO3. The molecule has 0 aliphatic carbocycles. The van der Waals surface area contributed by atoms with Crippen molar-refractivity contribution in [2.45, 2.75) is 13.8 Å². The molecule has 0 N–H and O–H groups in total. The van der Waals surface area contributed by atoms with Gasteiger partial charge in [-0.25, -0.2) is 4.99 Å². The summed E-state index contributed by atoms with van der Waals surface area (Å²) in [6, 6.07) is 21.9. The van der Waals surface area contributed by atoms with Gasteiger partial charge in [0.15, 0.2) is 11.5 Å². The third-order valence-electron chi connectivity index (χ3n) is 4.91. The van der Waals surface area contributed by atoms with Crippen LogP contribution in [-0.4, -0.2) is 14.2 Å². The van der Waals surface area contributed by atoms with Crippen LogP contribution in [0.4, 0.5) is 5.69 Å². The predicted octanol–water partition coefficient (Wildman–Crippen LogP) is 5.97. The van der Waals surface area contributed by atoms with Gasteiger partial charge >= 0.3 is 0 Å². The molecular weight excluding hydrogens is 362 g/mol. The van der Waals surface area contributed by atoms with Crippen molar-refractivity contribution < 1.29 is 13.9 Å². The highest BCUT2D eigenvalue weighted by Crippen LogP contribution is 2.33. The van der Waals surface area contributed by atoms with Crippen LogP contribution in [0.25, 0.3) is 22.3 Å². The Hall–Kier alpha value is -3.53. The van der Waals surface area contributed by atoms with Gasteiger partial charge in [0.1, 0.15) is 11.3 Å². The standard InChI is InChI=1S/C25H23NO3/c1-16-9-11-20(17(2)13-16)26-21-15-24(29-22-8-6-5-7-19(21)22)18-10-12-23(27-3)25(14-18)28-4/h5-15H,1-4H3. The van der Waals surface area contributed by atoms with E-state index in [-0.39, 0.29) is 0 Å². The highest BCUT2D eigenvalue weighted by atomic mass is 16.5. The Morgan fingerprint density at radius 1 is 0.793 bits per heavy atom. The maximum Gasteiger partial charge on any atom is 0.161 e. The van der Waals surface area contributed by atoms with E-state index in [0.717, 1.165) is 33.1 Å². The lowest BCUT2D eigenvalue weighted by molar-refractivity contribution is 0.355. The first-order valence-electron chi connectivity index (χ1n) is 9.46. The number of fused-ring (bicyclic) bond motifs is 1. The smallest absolute Gasteiger partial charge is 0.161 e. The van der Waals surface area contributed by atoms with Crippen LogP contribution in [0, 0.1) is 13.8 Å². The van der Waals surface area contributed by atoms with Crippen molar-refractivity contribution in [2.75, 3.05) is 14.2 Å². The highest BCUT2D eigenvalue weighted by molar-refractivity contribution is 5.79. The molecule has 0 spiro atoms. The first kappa shape index (κ1) is 18.8. The number of ether oxygens (including phenoxy) is 2. The number of rotatable bonds is 4. The van der Waals surface area contributed by atoms with E-state index in [9.17, 15) is 0 Å². The minimum Gasteiger partial charge on any atom is -0.493 e. The first-order chi connectivity index (χ1) is 14.1. The average Bonchev–Trinajstić information content (AvgIpc) is 2.75. The second-order valence-corrected chi connectivity index (χ2v) is 6.96. The quantitative estimate of drug-likeness (QED) is 0.435. The van der Waals surface area contributed by atoms with Gasteiger partial charge in [-0.2, -0.15) is 0 Å². The van der Waals surface area contributed by atoms with Crippen LogP contribution >= 0.6 is 0 Å². The van der Waals surface area contributed by atoms with Crippen LogP contribution in [-0.2, 0) is 0 Å². The van der Waals surface area contributed by atoms with Gasteiger partial charge in [0.05, 0.1) is 25.3 Å². The minimum atomic E-state index is 0.654. The zero-order valence-electron chi connectivity index (χ0n) is 17.0. The first-order valence-corrected chi connectivity index (χ1v) is 9.46. The normalized spacial score (nSPS) is 11.7. The molecule has 0 atom stereocenters. The summed E-state index contributed by atoms with van der Waals surface area (Å²) in [5, 5.41) is 1.83. The lowest BCUT2D eigenvalue weighted by Gasteiger charge is -2.10.